The van der Waals surface area contributed by atoms with E-state index in [0.29, 0.717) is 6.03 Å². The maximum Gasteiger partial charge on any atom is 0.319 e. The molecule has 3 nitrogen and oxygen atoms in total. The van der Waals surface area contributed by atoms with Crippen LogP contribution in [-0.4, -0.2) is 42.0 Å². The number of carbonyl (C=O) groups is 1. The van der Waals surface area contributed by atoms with E-state index in [1.165, 1.54) is 44.9 Å². The third kappa shape index (κ3) is 6.31. The van der Waals surface area contributed by atoms with Crippen LogP contribution < -0.4 is 0 Å². The smallest absolute Gasteiger partial charge is 0.319 e. The van der Waals surface area contributed by atoms with Crippen LogP contribution in [0.25, 0.3) is 0 Å². The molecule has 0 unspecified atom stereocenters. The summed E-state index contributed by atoms with van der Waals surface area (Å²) in [4.78, 5) is 16.7. The number of hydrogen-bond acceptors (Lipinski definition) is 1. The van der Waals surface area contributed by atoms with Gasteiger partial charge in [0.25, 0.3) is 0 Å². The highest BCUT2D eigenvalue weighted by Gasteiger charge is 2.21. The van der Waals surface area contributed by atoms with Gasteiger partial charge >= 0.3 is 6.03 Å². The normalized spacial score (nSPS) is 15.6. The molecule has 0 bridgehead atoms. The van der Waals surface area contributed by atoms with Gasteiger partial charge in [0, 0.05) is 26.2 Å². The molecule has 1 aliphatic heterocycles. The predicted octanol–water partition coefficient (Wildman–Crippen LogP) is 4.27. The van der Waals surface area contributed by atoms with Crippen LogP contribution in [0.3, 0.4) is 0 Å². The fourth-order valence-corrected chi connectivity index (χ4v) is 2.69. The Bertz CT molecular complexity index is 227. The first kappa shape index (κ1) is 16.3. The van der Waals surface area contributed by atoms with Crippen LogP contribution in [-0.2, 0) is 0 Å². The summed E-state index contributed by atoms with van der Waals surface area (Å²) in [6, 6.07) is 0.298. The number of unbranched alkanes of at least 4 members (excludes halogenated alkanes) is 4. The number of carbonyl (C=O) groups excluding carboxylic acids is 1. The predicted molar refractivity (Wildman–Crippen MR) is 81.4 cm³/mol. The second kappa shape index (κ2) is 10.1. The van der Waals surface area contributed by atoms with Gasteiger partial charge < -0.3 is 9.80 Å². The van der Waals surface area contributed by atoms with Crippen LogP contribution in [0.15, 0.2) is 0 Å². The van der Waals surface area contributed by atoms with Crippen LogP contribution in [0.2, 0.25) is 0 Å². The van der Waals surface area contributed by atoms with Crippen molar-refractivity contribution in [3.63, 3.8) is 0 Å². The molecule has 112 valence electrons. The number of nitrogens with zero attached hydrogens (tertiary/aromatic N) is 2. The Labute approximate surface area is 119 Å². The van der Waals surface area contributed by atoms with Gasteiger partial charge in [0.15, 0.2) is 0 Å². The summed E-state index contributed by atoms with van der Waals surface area (Å²) in [5, 5.41) is 0. The zero-order chi connectivity index (χ0) is 13.9. The maximum absolute atomic E-state index is 12.5. The number of amides is 2. The van der Waals surface area contributed by atoms with E-state index in [-0.39, 0.29) is 0 Å². The fourth-order valence-electron chi connectivity index (χ4n) is 2.69. The molecule has 19 heavy (non-hydrogen) atoms. The van der Waals surface area contributed by atoms with E-state index in [2.05, 4.69) is 23.6 Å². The Hall–Kier alpha value is -0.730. The lowest BCUT2D eigenvalue weighted by Gasteiger charge is -2.33. The third-order valence-electron chi connectivity index (χ3n) is 3.96. The molecule has 0 aliphatic carbocycles. The minimum Gasteiger partial charge on any atom is -0.325 e. The lowest BCUT2D eigenvalue weighted by Crippen LogP contribution is -2.46. The molecule has 2 amide bonds. The number of hydrogen-bond donors (Lipinski definition) is 0. The van der Waals surface area contributed by atoms with Gasteiger partial charge in [0.1, 0.15) is 0 Å². The number of urea groups is 1. The molecule has 1 heterocycles. The summed E-state index contributed by atoms with van der Waals surface area (Å²) in [5.41, 5.74) is 0. The number of likely N-dealkylation sites (tertiary alicyclic amines) is 1. The minimum absolute atomic E-state index is 0.298. The Morgan fingerprint density at radius 1 is 0.895 bits per heavy atom. The topological polar surface area (TPSA) is 23.6 Å². The van der Waals surface area contributed by atoms with Crippen LogP contribution in [0.4, 0.5) is 4.79 Å². The Morgan fingerprint density at radius 2 is 1.42 bits per heavy atom. The van der Waals surface area contributed by atoms with E-state index in [1.54, 1.807) is 0 Å². The average Bonchev–Trinajstić information content (AvgIpc) is 2.46. The van der Waals surface area contributed by atoms with Gasteiger partial charge in [-0.25, -0.2) is 4.79 Å². The molecule has 0 radical (unpaired) electrons. The minimum atomic E-state index is 0.298. The second-order valence-corrected chi connectivity index (χ2v) is 5.73. The quantitative estimate of drug-likeness (QED) is 0.603. The summed E-state index contributed by atoms with van der Waals surface area (Å²) < 4.78 is 0. The van der Waals surface area contributed by atoms with E-state index >= 15 is 0 Å². The van der Waals surface area contributed by atoms with E-state index in [0.717, 1.165) is 39.0 Å². The van der Waals surface area contributed by atoms with Crippen LogP contribution in [0.1, 0.15) is 71.6 Å². The molecule has 1 fully saturated rings. The van der Waals surface area contributed by atoms with E-state index < -0.39 is 0 Å². The molecule has 0 saturated carbocycles. The molecular weight excluding hydrogens is 236 g/mol. The second-order valence-electron chi connectivity index (χ2n) is 5.73. The van der Waals surface area contributed by atoms with Crippen LogP contribution >= 0.6 is 0 Å². The van der Waals surface area contributed by atoms with Crippen molar-refractivity contribution in [3.05, 3.63) is 0 Å². The van der Waals surface area contributed by atoms with Gasteiger partial charge in [-0.05, 0) is 32.1 Å². The van der Waals surface area contributed by atoms with Crippen molar-refractivity contribution in [1.82, 2.24) is 9.80 Å². The highest BCUT2D eigenvalue weighted by molar-refractivity contribution is 5.74. The molecule has 0 spiro atoms. The first-order valence-corrected chi connectivity index (χ1v) is 8.33. The van der Waals surface area contributed by atoms with Gasteiger partial charge in [-0.1, -0.05) is 39.5 Å². The molecular formula is C16H32N2O. The summed E-state index contributed by atoms with van der Waals surface area (Å²) in [5.74, 6) is 0. The Kier molecular flexibility index (Phi) is 8.68. The molecule has 1 aliphatic rings. The maximum atomic E-state index is 12.5. The average molecular weight is 268 g/mol. The van der Waals surface area contributed by atoms with Crippen molar-refractivity contribution in [2.75, 3.05) is 26.2 Å². The van der Waals surface area contributed by atoms with Crippen molar-refractivity contribution in [3.8, 4) is 0 Å². The molecule has 0 aromatic rings. The molecule has 1 rings (SSSR count). The van der Waals surface area contributed by atoms with E-state index in [4.69, 9.17) is 0 Å². The van der Waals surface area contributed by atoms with Gasteiger partial charge in [-0.3, -0.25) is 0 Å². The van der Waals surface area contributed by atoms with Gasteiger partial charge in [-0.15, -0.1) is 0 Å². The highest BCUT2D eigenvalue weighted by atomic mass is 16.2. The Morgan fingerprint density at radius 3 is 1.89 bits per heavy atom. The van der Waals surface area contributed by atoms with Crippen molar-refractivity contribution in [2.45, 2.75) is 71.6 Å². The molecule has 1 saturated heterocycles. The van der Waals surface area contributed by atoms with Gasteiger partial charge in [0.05, 0.1) is 0 Å². The first-order chi connectivity index (χ1) is 9.29. The SMILES string of the molecule is CCCCCN(CCCCC)C(=O)N1CCCCC1. The van der Waals surface area contributed by atoms with E-state index in [1.807, 2.05) is 0 Å². The summed E-state index contributed by atoms with van der Waals surface area (Å²) in [6.07, 6.45) is 10.9. The van der Waals surface area contributed by atoms with Crippen molar-refractivity contribution in [1.29, 1.82) is 0 Å². The molecule has 0 atom stereocenters. The first-order valence-electron chi connectivity index (χ1n) is 8.33. The molecule has 0 aromatic carbocycles. The number of piperidine rings is 1. The van der Waals surface area contributed by atoms with Crippen molar-refractivity contribution >= 4 is 6.03 Å². The van der Waals surface area contributed by atoms with Crippen LogP contribution in [0, 0.1) is 0 Å². The Balaban J connectivity index is 2.41. The highest BCUT2D eigenvalue weighted by Crippen LogP contribution is 2.13. The fraction of sp³-hybridized carbons (Fsp3) is 0.938. The van der Waals surface area contributed by atoms with Crippen molar-refractivity contribution in [2.24, 2.45) is 0 Å². The zero-order valence-corrected chi connectivity index (χ0v) is 13.0. The standard InChI is InChI=1S/C16H32N2O/c1-3-5-8-12-17(13-9-6-4-2)16(19)18-14-10-7-11-15-18/h3-15H2,1-2H3. The van der Waals surface area contributed by atoms with Crippen molar-refractivity contribution < 1.29 is 4.79 Å². The lowest BCUT2D eigenvalue weighted by atomic mass is 10.1. The zero-order valence-electron chi connectivity index (χ0n) is 13.0. The monoisotopic (exact) mass is 268 g/mol. The van der Waals surface area contributed by atoms with Gasteiger partial charge in [0.2, 0.25) is 0 Å². The third-order valence-corrected chi connectivity index (χ3v) is 3.96. The summed E-state index contributed by atoms with van der Waals surface area (Å²) in [7, 11) is 0. The summed E-state index contributed by atoms with van der Waals surface area (Å²) >= 11 is 0. The molecule has 0 N–H and O–H groups in total. The largest absolute Gasteiger partial charge is 0.325 e. The van der Waals surface area contributed by atoms with Crippen LogP contribution in [0.5, 0.6) is 0 Å². The molecule has 0 aromatic heterocycles. The van der Waals surface area contributed by atoms with E-state index in [9.17, 15) is 4.79 Å². The summed E-state index contributed by atoms with van der Waals surface area (Å²) in [6.45, 7) is 8.27. The number of rotatable bonds is 8. The van der Waals surface area contributed by atoms with Gasteiger partial charge in [-0.2, -0.15) is 0 Å². The lowest BCUT2D eigenvalue weighted by molar-refractivity contribution is 0.141. The molecule has 3 heteroatoms.